The summed E-state index contributed by atoms with van der Waals surface area (Å²) in [6.45, 7) is 0.746. The minimum Gasteiger partial charge on any atom is -0.481 e. The van der Waals surface area contributed by atoms with Gasteiger partial charge in [-0.25, -0.2) is 0 Å². The highest BCUT2D eigenvalue weighted by Gasteiger charge is 2.42. The predicted molar refractivity (Wildman–Crippen MR) is 58.5 cm³/mol. The lowest BCUT2D eigenvalue weighted by Crippen LogP contribution is -2.33. The molecule has 1 atom stereocenters. The van der Waals surface area contributed by atoms with Crippen molar-refractivity contribution >= 4 is 17.6 Å². The first-order valence-electron chi connectivity index (χ1n) is 5.04. The molecule has 1 aliphatic rings. The van der Waals surface area contributed by atoms with E-state index in [1.54, 1.807) is 12.3 Å². The van der Waals surface area contributed by atoms with E-state index < -0.39 is 11.4 Å². The maximum atomic E-state index is 11.3. The van der Waals surface area contributed by atoms with Crippen LogP contribution in [0.15, 0.2) is 18.5 Å². The summed E-state index contributed by atoms with van der Waals surface area (Å²) < 4.78 is 5.19. The molecular formula is C11H12ClNO3. The van der Waals surface area contributed by atoms with E-state index in [1.807, 2.05) is 0 Å². The first kappa shape index (κ1) is 11.4. The molecule has 0 aromatic carbocycles. The van der Waals surface area contributed by atoms with Crippen molar-refractivity contribution in [1.29, 1.82) is 0 Å². The molecule has 0 bridgehead atoms. The summed E-state index contributed by atoms with van der Waals surface area (Å²) in [6.07, 6.45) is 4.07. The Kier molecular flexibility index (Phi) is 3.12. The van der Waals surface area contributed by atoms with Crippen LogP contribution >= 0.6 is 11.6 Å². The highest BCUT2D eigenvalue weighted by atomic mass is 35.5. The molecule has 0 amide bonds. The van der Waals surface area contributed by atoms with Gasteiger partial charge in [0.2, 0.25) is 0 Å². The third-order valence-corrected chi connectivity index (χ3v) is 3.28. The minimum atomic E-state index is -0.828. The van der Waals surface area contributed by atoms with Crippen LogP contribution in [0.25, 0.3) is 0 Å². The van der Waals surface area contributed by atoms with Crippen molar-refractivity contribution in [2.75, 3.05) is 13.2 Å². The van der Waals surface area contributed by atoms with E-state index in [0.29, 0.717) is 24.5 Å². The molecule has 1 saturated heterocycles. The number of carbonyl (C=O) groups is 1. The molecule has 0 saturated carbocycles. The average Bonchev–Trinajstić information content (AvgIpc) is 2.71. The topological polar surface area (TPSA) is 59.4 Å². The van der Waals surface area contributed by atoms with Gasteiger partial charge in [-0.3, -0.25) is 9.78 Å². The first-order chi connectivity index (χ1) is 7.64. The summed E-state index contributed by atoms with van der Waals surface area (Å²) in [5, 5.41) is 9.79. The van der Waals surface area contributed by atoms with E-state index >= 15 is 0 Å². The molecule has 0 spiro atoms. The van der Waals surface area contributed by atoms with Gasteiger partial charge in [-0.15, -0.1) is 0 Å². The minimum absolute atomic E-state index is 0.251. The van der Waals surface area contributed by atoms with Crippen molar-refractivity contribution in [2.45, 2.75) is 12.8 Å². The molecule has 1 fully saturated rings. The normalized spacial score (nSPS) is 24.6. The van der Waals surface area contributed by atoms with Gasteiger partial charge in [0.25, 0.3) is 0 Å². The molecule has 1 N–H and O–H groups in total. The molecule has 4 nitrogen and oxygen atoms in total. The number of hydrogen-bond donors (Lipinski definition) is 1. The Morgan fingerprint density at radius 3 is 3.06 bits per heavy atom. The number of ether oxygens (including phenoxy) is 1. The number of carboxylic acids is 1. The summed E-state index contributed by atoms with van der Waals surface area (Å²) in [4.78, 5) is 15.2. The Balaban J connectivity index is 2.25. The molecule has 16 heavy (non-hydrogen) atoms. The van der Waals surface area contributed by atoms with Crippen molar-refractivity contribution in [3.8, 4) is 0 Å². The van der Waals surface area contributed by atoms with Crippen LogP contribution in [0.1, 0.15) is 12.0 Å². The fourth-order valence-electron chi connectivity index (χ4n) is 1.90. The smallest absolute Gasteiger partial charge is 0.312 e. The van der Waals surface area contributed by atoms with Gasteiger partial charge >= 0.3 is 5.97 Å². The van der Waals surface area contributed by atoms with Crippen LogP contribution in [0, 0.1) is 5.41 Å². The van der Waals surface area contributed by atoms with E-state index in [1.165, 1.54) is 6.20 Å². The van der Waals surface area contributed by atoms with Crippen molar-refractivity contribution in [2.24, 2.45) is 5.41 Å². The van der Waals surface area contributed by atoms with Gasteiger partial charge in [-0.1, -0.05) is 11.6 Å². The highest BCUT2D eigenvalue weighted by molar-refractivity contribution is 6.31. The number of rotatable bonds is 3. The molecule has 0 aliphatic carbocycles. The maximum Gasteiger partial charge on any atom is 0.312 e. The van der Waals surface area contributed by atoms with Gasteiger partial charge in [0.15, 0.2) is 0 Å². The summed E-state index contributed by atoms with van der Waals surface area (Å²) in [5.41, 5.74) is -0.0186. The lowest BCUT2D eigenvalue weighted by Gasteiger charge is -2.22. The second-order valence-electron chi connectivity index (χ2n) is 4.03. The molecule has 1 aromatic rings. The highest BCUT2D eigenvalue weighted by Crippen LogP contribution is 2.34. The van der Waals surface area contributed by atoms with Crippen LogP contribution in [-0.2, 0) is 16.0 Å². The van der Waals surface area contributed by atoms with Gasteiger partial charge in [-0.2, -0.15) is 0 Å². The zero-order valence-corrected chi connectivity index (χ0v) is 9.41. The van der Waals surface area contributed by atoms with Gasteiger partial charge in [0.1, 0.15) is 0 Å². The Labute approximate surface area is 98.2 Å². The fourth-order valence-corrected chi connectivity index (χ4v) is 2.09. The number of carboxylic acid groups (broad SMARTS) is 1. The Hall–Kier alpha value is -1.13. The van der Waals surface area contributed by atoms with Crippen LogP contribution in [0.5, 0.6) is 0 Å². The number of hydrogen-bond acceptors (Lipinski definition) is 3. The molecule has 1 unspecified atom stereocenters. The molecule has 1 aliphatic heterocycles. The summed E-state index contributed by atoms with van der Waals surface area (Å²) in [6, 6.07) is 1.76. The lowest BCUT2D eigenvalue weighted by molar-refractivity contribution is -0.148. The van der Waals surface area contributed by atoms with Gasteiger partial charge in [-0.05, 0) is 24.5 Å². The largest absolute Gasteiger partial charge is 0.481 e. The van der Waals surface area contributed by atoms with Crippen LogP contribution in [0.2, 0.25) is 5.02 Å². The summed E-state index contributed by atoms with van der Waals surface area (Å²) >= 11 is 5.97. The molecule has 5 heteroatoms. The van der Waals surface area contributed by atoms with Crippen molar-refractivity contribution in [3.63, 3.8) is 0 Å². The van der Waals surface area contributed by atoms with E-state index in [0.717, 1.165) is 5.56 Å². The van der Waals surface area contributed by atoms with E-state index in [2.05, 4.69) is 4.98 Å². The van der Waals surface area contributed by atoms with Crippen LogP contribution < -0.4 is 0 Å². The van der Waals surface area contributed by atoms with Crippen molar-refractivity contribution in [3.05, 3.63) is 29.0 Å². The van der Waals surface area contributed by atoms with Crippen LogP contribution in [0.4, 0.5) is 0 Å². The summed E-state index contributed by atoms with van der Waals surface area (Å²) in [5.74, 6) is -0.821. The Morgan fingerprint density at radius 1 is 1.69 bits per heavy atom. The molecular weight excluding hydrogens is 230 g/mol. The number of nitrogens with zero attached hydrogens (tertiary/aromatic N) is 1. The van der Waals surface area contributed by atoms with E-state index in [4.69, 9.17) is 16.3 Å². The number of pyridine rings is 1. The fraction of sp³-hybridized carbons (Fsp3) is 0.455. The SMILES string of the molecule is O=C(O)C1(Cc2ccncc2Cl)CCOC1. The van der Waals surface area contributed by atoms with Gasteiger partial charge < -0.3 is 9.84 Å². The standard InChI is InChI=1S/C11H12ClNO3/c12-9-6-13-3-1-8(9)5-11(10(14)15)2-4-16-7-11/h1,3,6H,2,4-5,7H2,(H,14,15). The molecule has 2 rings (SSSR count). The van der Waals surface area contributed by atoms with Crippen LogP contribution in [-0.4, -0.2) is 29.3 Å². The van der Waals surface area contributed by atoms with Gasteiger partial charge in [0.05, 0.1) is 17.0 Å². The van der Waals surface area contributed by atoms with Crippen molar-refractivity contribution in [1.82, 2.24) is 4.98 Å². The zero-order valence-electron chi connectivity index (χ0n) is 8.65. The monoisotopic (exact) mass is 241 g/mol. The number of aliphatic carboxylic acids is 1. The first-order valence-corrected chi connectivity index (χ1v) is 5.41. The van der Waals surface area contributed by atoms with Crippen LogP contribution in [0.3, 0.4) is 0 Å². The quantitative estimate of drug-likeness (QED) is 0.876. The van der Waals surface area contributed by atoms with E-state index in [-0.39, 0.29) is 6.61 Å². The summed E-state index contributed by atoms with van der Waals surface area (Å²) in [7, 11) is 0. The predicted octanol–water partition coefficient (Wildman–Crippen LogP) is 1.77. The molecule has 1 aromatic heterocycles. The number of aromatic nitrogens is 1. The second-order valence-corrected chi connectivity index (χ2v) is 4.44. The average molecular weight is 242 g/mol. The van der Waals surface area contributed by atoms with E-state index in [9.17, 15) is 9.90 Å². The molecule has 2 heterocycles. The third kappa shape index (κ3) is 2.03. The van der Waals surface area contributed by atoms with Gasteiger partial charge in [0, 0.05) is 19.0 Å². The lowest BCUT2D eigenvalue weighted by atomic mass is 9.81. The zero-order chi connectivity index (χ0) is 11.6. The second kappa shape index (κ2) is 4.39. The third-order valence-electron chi connectivity index (χ3n) is 2.94. The Bertz CT molecular complexity index is 402. The Morgan fingerprint density at radius 2 is 2.50 bits per heavy atom. The molecule has 86 valence electrons. The number of halogens is 1. The maximum absolute atomic E-state index is 11.3. The van der Waals surface area contributed by atoms with Crippen molar-refractivity contribution < 1.29 is 14.6 Å². The molecule has 0 radical (unpaired) electrons.